The summed E-state index contributed by atoms with van der Waals surface area (Å²) in [5.41, 5.74) is 5.07. The SMILES string of the molecule is CCCC1=NC(=Cc2[nH]c(-c3ccc[nH]3)cc2OC)C=C1.Cl. The van der Waals surface area contributed by atoms with Crippen molar-refractivity contribution >= 4 is 24.2 Å². The van der Waals surface area contributed by atoms with Crippen LogP contribution in [0, 0.1) is 0 Å². The molecule has 1 aliphatic heterocycles. The van der Waals surface area contributed by atoms with Crippen molar-refractivity contribution in [2.24, 2.45) is 4.99 Å². The maximum Gasteiger partial charge on any atom is 0.144 e. The molecule has 0 fully saturated rings. The molecule has 1 aliphatic rings. The van der Waals surface area contributed by atoms with E-state index >= 15 is 0 Å². The highest BCUT2D eigenvalue weighted by Crippen LogP contribution is 2.28. The van der Waals surface area contributed by atoms with E-state index in [9.17, 15) is 0 Å². The fourth-order valence-electron chi connectivity index (χ4n) is 2.42. The average Bonchev–Trinajstić information content (AvgIpc) is 3.19. The molecule has 0 radical (unpaired) electrons. The van der Waals surface area contributed by atoms with E-state index < -0.39 is 0 Å². The van der Waals surface area contributed by atoms with Crippen LogP contribution in [0.25, 0.3) is 17.5 Å². The lowest BCUT2D eigenvalue weighted by Gasteiger charge is -1.97. The van der Waals surface area contributed by atoms with Crippen LogP contribution in [0.1, 0.15) is 25.5 Å². The Labute approximate surface area is 136 Å². The first-order chi connectivity index (χ1) is 10.3. The van der Waals surface area contributed by atoms with Crippen molar-refractivity contribution < 1.29 is 4.74 Å². The lowest BCUT2D eigenvalue weighted by molar-refractivity contribution is 0.414. The van der Waals surface area contributed by atoms with Crippen molar-refractivity contribution in [2.45, 2.75) is 19.8 Å². The number of nitrogens with zero attached hydrogens (tertiary/aromatic N) is 1. The Morgan fingerprint density at radius 1 is 1.27 bits per heavy atom. The summed E-state index contributed by atoms with van der Waals surface area (Å²) in [6, 6.07) is 5.99. The molecule has 0 amide bonds. The van der Waals surface area contributed by atoms with Crippen LogP contribution in [0.3, 0.4) is 0 Å². The Morgan fingerprint density at radius 2 is 2.14 bits per heavy atom. The van der Waals surface area contributed by atoms with Gasteiger partial charge in [0.2, 0.25) is 0 Å². The number of aromatic amines is 2. The van der Waals surface area contributed by atoms with Gasteiger partial charge in [-0.05, 0) is 36.8 Å². The molecule has 0 unspecified atom stereocenters. The van der Waals surface area contributed by atoms with Gasteiger partial charge >= 0.3 is 0 Å². The third-order valence-electron chi connectivity index (χ3n) is 3.44. The Kier molecular flexibility index (Phi) is 5.28. The molecule has 0 saturated heterocycles. The van der Waals surface area contributed by atoms with Gasteiger partial charge in [-0.15, -0.1) is 12.4 Å². The van der Waals surface area contributed by atoms with Gasteiger partial charge < -0.3 is 14.7 Å². The van der Waals surface area contributed by atoms with Crippen molar-refractivity contribution in [3.63, 3.8) is 0 Å². The molecule has 0 spiro atoms. The van der Waals surface area contributed by atoms with E-state index in [1.165, 1.54) is 0 Å². The summed E-state index contributed by atoms with van der Waals surface area (Å²) in [7, 11) is 1.68. The highest BCUT2D eigenvalue weighted by molar-refractivity contribution is 5.99. The highest BCUT2D eigenvalue weighted by Gasteiger charge is 2.11. The minimum Gasteiger partial charge on any atom is -0.494 e. The maximum absolute atomic E-state index is 5.45. The number of aliphatic imine (C=N–C) groups is 1. The number of halogens is 1. The lowest BCUT2D eigenvalue weighted by atomic mass is 10.2. The smallest absolute Gasteiger partial charge is 0.144 e. The van der Waals surface area contributed by atoms with Crippen molar-refractivity contribution in [3.8, 4) is 17.1 Å². The molecular formula is C17H20ClN3O. The number of hydrogen-bond acceptors (Lipinski definition) is 2. The number of rotatable bonds is 5. The zero-order valence-corrected chi connectivity index (χ0v) is 13.5. The largest absolute Gasteiger partial charge is 0.494 e. The monoisotopic (exact) mass is 317 g/mol. The second kappa shape index (κ2) is 7.18. The summed E-state index contributed by atoms with van der Waals surface area (Å²) in [6.45, 7) is 2.16. The molecule has 0 aromatic carbocycles. The van der Waals surface area contributed by atoms with Crippen LogP contribution in [0.15, 0.2) is 47.2 Å². The summed E-state index contributed by atoms with van der Waals surface area (Å²) in [4.78, 5) is 11.2. The minimum absolute atomic E-state index is 0. The summed E-state index contributed by atoms with van der Waals surface area (Å²) in [5, 5.41) is 0. The molecule has 22 heavy (non-hydrogen) atoms. The lowest BCUT2D eigenvalue weighted by Crippen LogP contribution is -1.87. The zero-order valence-electron chi connectivity index (χ0n) is 12.7. The van der Waals surface area contributed by atoms with Gasteiger partial charge in [0.25, 0.3) is 0 Å². The van der Waals surface area contributed by atoms with Crippen LogP contribution in [-0.2, 0) is 0 Å². The maximum atomic E-state index is 5.45. The Bertz CT molecular complexity index is 708. The van der Waals surface area contributed by atoms with Gasteiger partial charge in [0.15, 0.2) is 0 Å². The molecule has 0 aliphatic carbocycles. The van der Waals surface area contributed by atoms with Crippen LogP contribution < -0.4 is 4.74 Å². The number of hydrogen-bond donors (Lipinski definition) is 2. The minimum atomic E-state index is 0. The van der Waals surface area contributed by atoms with E-state index in [1.807, 2.05) is 36.5 Å². The normalized spacial score (nSPS) is 15.0. The molecule has 2 N–H and O–H groups in total. The Hall–Kier alpha value is -2.20. The van der Waals surface area contributed by atoms with E-state index in [4.69, 9.17) is 4.74 Å². The molecule has 0 saturated carbocycles. The van der Waals surface area contributed by atoms with Gasteiger partial charge in [0.1, 0.15) is 5.75 Å². The average molecular weight is 318 g/mol. The van der Waals surface area contributed by atoms with Gasteiger partial charge in [-0.3, -0.25) is 4.99 Å². The predicted octanol–water partition coefficient (Wildman–Crippen LogP) is 4.59. The molecule has 116 valence electrons. The van der Waals surface area contributed by atoms with E-state index in [-0.39, 0.29) is 12.4 Å². The molecule has 3 rings (SSSR count). The third kappa shape index (κ3) is 3.34. The number of nitrogens with one attached hydrogen (secondary N) is 2. The Morgan fingerprint density at radius 3 is 2.82 bits per heavy atom. The second-order valence-corrected chi connectivity index (χ2v) is 5.00. The van der Waals surface area contributed by atoms with Gasteiger partial charge in [0.05, 0.1) is 29.9 Å². The molecule has 4 nitrogen and oxygen atoms in total. The summed E-state index contributed by atoms with van der Waals surface area (Å²) in [6.07, 6.45) is 10.2. The van der Waals surface area contributed by atoms with Gasteiger partial charge in [0, 0.05) is 18.0 Å². The van der Waals surface area contributed by atoms with Crippen LogP contribution >= 0.6 is 12.4 Å². The summed E-state index contributed by atoms with van der Waals surface area (Å²) >= 11 is 0. The second-order valence-electron chi connectivity index (χ2n) is 5.00. The number of allylic oxidation sites excluding steroid dienone is 2. The molecule has 5 heteroatoms. The van der Waals surface area contributed by atoms with Gasteiger partial charge in [-0.2, -0.15) is 0 Å². The first-order valence-corrected chi connectivity index (χ1v) is 7.18. The predicted molar refractivity (Wildman–Crippen MR) is 93.8 cm³/mol. The molecule has 2 aromatic rings. The van der Waals surface area contributed by atoms with Crippen LogP contribution in [-0.4, -0.2) is 22.8 Å². The van der Waals surface area contributed by atoms with E-state index in [0.29, 0.717) is 0 Å². The number of ether oxygens (including phenoxy) is 1. The van der Waals surface area contributed by atoms with Crippen molar-refractivity contribution in [3.05, 3.63) is 47.9 Å². The fourth-order valence-corrected chi connectivity index (χ4v) is 2.42. The van der Waals surface area contributed by atoms with Crippen molar-refractivity contribution in [1.29, 1.82) is 0 Å². The van der Waals surface area contributed by atoms with Gasteiger partial charge in [-0.1, -0.05) is 13.3 Å². The van der Waals surface area contributed by atoms with Crippen LogP contribution in [0.5, 0.6) is 5.75 Å². The van der Waals surface area contributed by atoms with Crippen LogP contribution in [0.2, 0.25) is 0 Å². The summed E-state index contributed by atoms with van der Waals surface area (Å²) in [5.74, 6) is 0.819. The zero-order chi connectivity index (χ0) is 14.7. The number of methoxy groups -OCH3 is 1. The van der Waals surface area contributed by atoms with E-state index in [0.717, 1.165) is 47.1 Å². The van der Waals surface area contributed by atoms with E-state index in [1.54, 1.807) is 7.11 Å². The molecule has 3 heterocycles. The molecular weight excluding hydrogens is 298 g/mol. The first kappa shape index (κ1) is 16.2. The third-order valence-corrected chi connectivity index (χ3v) is 3.44. The van der Waals surface area contributed by atoms with Crippen LogP contribution in [0.4, 0.5) is 0 Å². The number of aromatic nitrogens is 2. The summed E-state index contributed by atoms with van der Waals surface area (Å²) < 4.78 is 5.45. The highest BCUT2D eigenvalue weighted by atomic mass is 35.5. The van der Waals surface area contributed by atoms with E-state index in [2.05, 4.69) is 28.0 Å². The quantitative estimate of drug-likeness (QED) is 0.832. The molecule has 0 bridgehead atoms. The molecule has 2 aromatic heterocycles. The first-order valence-electron chi connectivity index (χ1n) is 7.18. The number of H-pyrrole nitrogens is 2. The molecule has 0 atom stereocenters. The topological polar surface area (TPSA) is 53.2 Å². The standard InChI is InChI=1S/C17H19N3O.ClH/c1-3-5-12-7-8-13(19-12)10-16-17(21-2)11-15(20-16)14-6-4-9-18-14;/h4,6-11,18,20H,3,5H2,1-2H3;1H. The van der Waals surface area contributed by atoms with Crippen molar-refractivity contribution in [1.82, 2.24) is 9.97 Å². The fraction of sp³-hybridized carbons (Fsp3) is 0.235. The Balaban J connectivity index is 0.00000176. The van der Waals surface area contributed by atoms with Gasteiger partial charge in [-0.25, -0.2) is 0 Å². The van der Waals surface area contributed by atoms with Crippen molar-refractivity contribution in [2.75, 3.05) is 7.11 Å².